The number of hydrogen-bond acceptors (Lipinski definition) is 5. The van der Waals surface area contributed by atoms with Gasteiger partial charge in [0.15, 0.2) is 5.60 Å². The Morgan fingerprint density at radius 1 is 1.00 bits per heavy atom. The van der Waals surface area contributed by atoms with Gasteiger partial charge in [-0.3, -0.25) is 0 Å². The molecule has 0 radical (unpaired) electrons. The van der Waals surface area contributed by atoms with E-state index < -0.39 is 29.2 Å². The van der Waals surface area contributed by atoms with Crippen molar-refractivity contribution in [2.24, 2.45) is 0 Å². The number of ether oxygens (including phenoxy) is 2. The molecule has 0 aliphatic heterocycles. The molecule has 34 heavy (non-hydrogen) atoms. The predicted molar refractivity (Wildman–Crippen MR) is 122 cm³/mol. The maximum absolute atomic E-state index is 14.2. The number of carbonyl (C=O) groups is 1. The van der Waals surface area contributed by atoms with E-state index in [1.807, 2.05) is 0 Å². The highest BCUT2D eigenvalue weighted by atomic mass is 35.5. The van der Waals surface area contributed by atoms with E-state index in [2.05, 4.69) is 9.72 Å². The molecule has 0 amide bonds. The van der Waals surface area contributed by atoms with Crippen molar-refractivity contribution in [3.8, 4) is 17.0 Å². The molecule has 1 N–H and O–H groups in total. The number of aliphatic hydroxyl groups is 1. The Bertz CT molecular complexity index is 1200. The zero-order chi connectivity index (χ0) is 25.3. The number of benzene rings is 2. The number of halogens is 5. The number of alkyl halides is 3. The van der Waals surface area contributed by atoms with E-state index in [4.69, 9.17) is 27.9 Å². The molecule has 0 spiro atoms. The quantitative estimate of drug-likeness (QED) is 0.386. The highest BCUT2D eigenvalue weighted by molar-refractivity contribution is 6.34. The van der Waals surface area contributed by atoms with Gasteiger partial charge < -0.3 is 14.6 Å². The van der Waals surface area contributed by atoms with Crippen LogP contribution in [-0.4, -0.2) is 36.5 Å². The van der Waals surface area contributed by atoms with Gasteiger partial charge in [-0.05, 0) is 41.0 Å². The summed E-state index contributed by atoms with van der Waals surface area (Å²) in [4.78, 5) is 15.5. The second kappa shape index (κ2) is 9.82. The summed E-state index contributed by atoms with van der Waals surface area (Å²) in [5, 5.41) is 11.1. The standard InChI is InChI=1S/C24H20Cl2F3NO4/c1-13(23(32,24(27,28)29)16-6-9-21(33-2)30-12-16)17-7-4-14(10-19(17)25)15-5-8-18(20(26)11-15)22(31)34-3/h4-13,32H,1-3H3/t13-,23-/m0/s1. The Kier molecular flexibility index (Phi) is 7.45. The summed E-state index contributed by atoms with van der Waals surface area (Å²) in [6, 6.07) is 11.4. The van der Waals surface area contributed by atoms with Crippen LogP contribution in [0.1, 0.15) is 34.3 Å². The number of rotatable bonds is 6. The number of esters is 1. The molecular weight excluding hydrogens is 494 g/mol. The van der Waals surface area contributed by atoms with Crippen molar-refractivity contribution in [1.82, 2.24) is 4.98 Å². The molecule has 3 rings (SSSR count). The smallest absolute Gasteiger partial charge is 0.422 e. The number of methoxy groups -OCH3 is 2. The summed E-state index contributed by atoms with van der Waals surface area (Å²) in [6.45, 7) is 1.24. The first-order valence-electron chi connectivity index (χ1n) is 9.91. The monoisotopic (exact) mass is 513 g/mol. The molecule has 2 atom stereocenters. The normalized spacial score (nSPS) is 14.3. The van der Waals surface area contributed by atoms with Crippen LogP contribution in [0.2, 0.25) is 10.0 Å². The van der Waals surface area contributed by atoms with E-state index in [9.17, 15) is 23.1 Å². The first-order valence-corrected chi connectivity index (χ1v) is 10.7. The first kappa shape index (κ1) is 25.8. The van der Waals surface area contributed by atoms with E-state index in [0.717, 1.165) is 12.3 Å². The maximum Gasteiger partial charge on any atom is 0.422 e. The van der Waals surface area contributed by atoms with Crippen LogP contribution in [0.3, 0.4) is 0 Å². The van der Waals surface area contributed by atoms with E-state index >= 15 is 0 Å². The van der Waals surface area contributed by atoms with Crippen LogP contribution in [0, 0.1) is 0 Å². The van der Waals surface area contributed by atoms with Gasteiger partial charge in [-0.15, -0.1) is 0 Å². The van der Waals surface area contributed by atoms with Crippen molar-refractivity contribution in [1.29, 1.82) is 0 Å². The van der Waals surface area contributed by atoms with Crippen molar-refractivity contribution in [2.45, 2.75) is 24.6 Å². The van der Waals surface area contributed by atoms with Crippen molar-refractivity contribution >= 4 is 29.2 Å². The zero-order valence-electron chi connectivity index (χ0n) is 18.3. The lowest BCUT2D eigenvalue weighted by atomic mass is 9.78. The fourth-order valence-corrected chi connectivity index (χ4v) is 4.24. The molecule has 1 aromatic heterocycles. The summed E-state index contributed by atoms with van der Waals surface area (Å²) in [5.41, 5.74) is -2.31. The molecule has 10 heteroatoms. The van der Waals surface area contributed by atoms with Gasteiger partial charge in [0.25, 0.3) is 0 Å². The predicted octanol–water partition coefficient (Wildman–Crippen LogP) is 6.40. The third-order valence-electron chi connectivity index (χ3n) is 5.62. The first-order chi connectivity index (χ1) is 15.9. The molecule has 0 fully saturated rings. The molecule has 180 valence electrons. The van der Waals surface area contributed by atoms with E-state index in [1.165, 1.54) is 51.5 Å². The molecule has 0 unspecified atom stereocenters. The molecule has 0 aliphatic carbocycles. The molecular formula is C24H20Cl2F3NO4. The number of aromatic nitrogens is 1. The van der Waals surface area contributed by atoms with Gasteiger partial charge in [0, 0.05) is 28.8 Å². The Balaban J connectivity index is 2.02. The minimum atomic E-state index is -5.03. The second-order valence-electron chi connectivity index (χ2n) is 7.50. The number of pyridine rings is 1. The van der Waals surface area contributed by atoms with Crippen molar-refractivity contribution in [2.75, 3.05) is 14.2 Å². The van der Waals surface area contributed by atoms with Crippen LogP contribution >= 0.6 is 23.2 Å². The van der Waals surface area contributed by atoms with Crippen LogP contribution in [0.15, 0.2) is 54.7 Å². The van der Waals surface area contributed by atoms with Crippen LogP contribution in [-0.2, 0) is 10.3 Å². The molecule has 1 heterocycles. The minimum absolute atomic E-state index is 0.0160. The molecule has 5 nitrogen and oxygen atoms in total. The average Bonchev–Trinajstić information content (AvgIpc) is 2.81. The van der Waals surface area contributed by atoms with E-state index in [-0.39, 0.29) is 27.1 Å². The summed E-state index contributed by atoms with van der Waals surface area (Å²) >= 11 is 12.6. The number of hydrogen-bond donors (Lipinski definition) is 1. The molecule has 0 saturated carbocycles. The van der Waals surface area contributed by atoms with Crippen LogP contribution in [0.25, 0.3) is 11.1 Å². The molecule has 2 aromatic carbocycles. The van der Waals surface area contributed by atoms with E-state index in [1.54, 1.807) is 12.1 Å². The summed E-state index contributed by atoms with van der Waals surface area (Å²) in [7, 11) is 2.56. The summed E-state index contributed by atoms with van der Waals surface area (Å²) < 4.78 is 52.0. The van der Waals surface area contributed by atoms with Crippen LogP contribution in [0.4, 0.5) is 13.2 Å². The van der Waals surface area contributed by atoms with Crippen molar-refractivity contribution in [3.05, 3.63) is 81.5 Å². The molecule has 0 bridgehead atoms. The van der Waals surface area contributed by atoms with Crippen LogP contribution < -0.4 is 4.74 Å². The Morgan fingerprint density at radius 2 is 1.62 bits per heavy atom. The Labute approximate surface area is 204 Å². The van der Waals surface area contributed by atoms with Crippen molar-refractivity contribution < 1.29 is 32.5 Å². The van der Waals surface area contributed by atoms with E-state index in [0.29, 0.717) is 11.1 Å². The minimum Gasteiger partial charge on any atom is -0.481 e. The second-order valence-corrected chi connectivity index (χ2v) is 8.31. The lowest BCUT2D eigenvalue weighted by molar-refractivity contribution is -0.274. The zero-order valence-corrected chi connectivity index (χ0v) is 19.8. The van der Waals surface area contributed by atoms with Gasteiger partial charge in [-0.2, -0.15) is 13.2 Å². The summed E-state index contributed by atoms with van der Waals surface area (Å²) in [6.07, 6.45) is -4.10. The van der Waals surface area contributed by atoms with Crippen molar-refractivity contribution in [3.63, 3.8) is 0 Å². The lowest BCUT2D eigenvalue weighted by Gasteiger charge is -2.36. The molecule has 0 saturated heterocycles. The highest BCUT2D eigenvalue weighted by Gasteiger charge is 2.59. The third-order valence-corrected chi connectivity index (χ3v) is 6.26. The highest BCUT2D eigenvalue weighted by Crippen LogP contribution is 2.50. The van der Waals surface area contributed by atoms with Gasteiger partial charge in [0.05, 0.1) is 24.8 Å². The third kappa shape index (κ3) is 4.71. The van der Waals surface area contributed by atoms with Gasteiger partial charge in [0.1, 0.15) is 0 Å². The number of carbonyl (C=O) groups excluding carboxylic acids is 1. The fourth-order valence-electron chi connectivity index (χ4n) is 3.64. The Morgan fingerprint density at radius 3 is 2.09 bits per heavy atom. The summed E-state index contributed by atoms with van der Waals surface area (Å²) in [5.74, 6) is -1.96. The average molecular weight is 514 g/mol. The number of nitrogens with zero attached hydrogens (tertiary/aromatic N) is 1. The Hall–Kier alpha value is -2.81. The van der Waals surface area contributed by atoms with Gasteiger partial charge in [-0.1, -0.05) is 48.3 Å². The fraction of sp³-hybridized carbons (Fsp3) is 0.250. The maximum atomic E-state index is 14.2. The van der Waals surface area contributed by atoms with Gasteiger partial charge in [-0.25, -0.2) is 9.78 Å². The largest absolute Gasteiger partial charge is 0.481 e. The van der Waals surface area contributed by atoms with Gasteiger partial charge >= 0.3 is 12.1 Å². The molecule has 0 aliphatic rings. The lowest BCUT2D eigenvalue weighted by Crippen LogP contribution is -2.46. The van der Waals surface area contributed by atoms with Gasteiger partial charge in [0.2, 0.25) is 5.88 Å². The van der Waals surface area contributed by atoms with Crippen LogP contribution in [0.5, 0.6) is 5.88 Å². The topological polar surface area (TPSA) is 68.7 Å². The SMILES string of the molecule is COC(=O)c1ccc(-c2ccc([C@H](C)[C@](O)(c3ccc(OC)nc3)C(F)(F)F)c(Cl)c2)cc1Cl. The molecule has 3 aromatic rings.